The van der Waals surface area contributed by atoms with Crippen molar-refractivity contribution in [2.45, 2.75) is 44.1 Å². The van der Waals surface area contributed by atoms with Gasteiger partial charge in [0.15, 0.2) is 0 Å². The van der Waals surface area contributed by atoms with Gasteiger partial charge in [-0.25, -0.2) is 0 Å². The molecule has 0 aliphatic heterocycles. The molecule has 0 atom stereocenters. The SMILES string of the molecule is C#CCOCCOCCNC(=O)CCC(CCC(=O)NCCOCCO)(CCC(=O)NCCOCCOCC#C)NC(=O)c1ccc(O)cc1. The van der Waals surface area contributed by atoms with Crippen LogP contribution in [0.5, 0.6) is 5.75 Å². The van der Waals surface area contributed by atoms with Crippen molar-refractivity contribution in [1.29, 1.82) is 0 Å². The molecule has 278 valence electrons. The second-order valence-corrected chi connectivity index (χ2v) is 10.9. The van der Waals surface area contributed by atoms with Crippen LogP contribution in [-0.4, -0.2) is 132 Å². The van der Waals surface area contributed by atoms with Gasteiger partial charge in [-0.15, -0.1) is 12.8 Å². The summed E-state index contributed by atoms with van der Waals surface area (Å²) in [5.41, 5.74) is -0.900. The molecule has 6 N–H and O–H groups in total. The van der Waals surface area contributed by atoms with Gasteiger partial charge in [0.2, 0.25) is 17.7 Å². The largest absolute Gasteiger partial charge is 0.508 e. The highest BCUT2D eigenvalue weighted by Gasteiger charge is 2.34. The van der Waals surface area contributed by atoms with Crippen LogP contribution in [0.15, 0.2) is 24.3 Å². The molecule has 1 aromatic rings. The number of rotatable bonds is 30. The maximum Gasteiger partial charge on any atom is 0.251 e. The Morgan fingerprint density at radius 3 is 1.42 bits per heavy atom. The van der Waals surface area contributed by atoms with Crippen LogP contribution in [0.2, 0.25) is 0 Å². The van der Waals surface area contributed by atoms with Gasteiger partial charge < -0.3 is 55.2 Å². The molecular weight excluding hydrogens is 652 g/mol. The van der Waals surface area contributed by atoms with Crippen LogP contribution in [0.4, 0.5) is 0 Å². The van der Waals surface area contributed by atoms with Gasteiger partial charge in [0.1, 0.15) is 19.0 Å². The summed E-state index contributed by atoms with van der Waals surface area (Å²) in [4.78, 5) is 52.0. The van der Waals surface area contributed by atoms with Gasteiger partial charge >= 0.3 is 0 Å². The van der Waals surface area contributed by atoms with Crippen LogP contribution >= 0.6 is 0 Å². The van der Waals surface area contributed by atoms with Crippen molar-refractivity contribution in [2.75, 3.05) is 92.3 Å². The van der Waals surface area contributed by atoms with E-state index >= 15 is 0 Å². The minimum Gasteiger partial charge on any atom is -0.508 e. The summed E-state index contributed by atoms with van der Waals surface area (Å²) in [6, 6.07) is 5.64. The lowest BCUT2D eigenvalue weighted by atomic mass is 9.82. The lowest BCUT2D eigenvalue weighted by Crippen LogP contribution is -2.50. The molecule has 0 bridgehead atoms. The second kappa shape index (κ2) is 28.6. The number of aliphatic hydroxyl groups is 1. The van der Waals surface area contributed by atoms with Crippen LogP contribution in [-0.2, 0) is 38.1 Å². The summed E-state index contributed by atoms with van der Waals surface area (Å²) in [6.45, 7) is 3.06. The predicted octanol–water partition coefficient (Wildman–Crippen LogP) is -0.108. The van der Waals surface area contributed by atoms with Crippen molar-refractivity contribution in [1.82, 2.24) is 21.3 Å². The van der Waals surface area contributed by atoms with Crippen molar-refractivity contribution in [2.24, 2.45) is 0 Å². The topological polar surface area (TPSA) is 203 Å². The number of carbonyl (C=O) groups is 4. The average Bonchev–Trinajstić information content (AvgIpc) is 3.11. The third kappa shape index (κ3) is 22.4. The highest BCUT2D eigenvalue weighted by atomic mass is 16.5. The van der Waals surface area contributed by atoms with Crippen LogP contribution in [0.25, 0.3) is 0 Å². The van der Waals surface area contributed by atoms with E-state index in [0.29, 0.717) is 26.4 Å². The van der Waals surface area contributed by atoms with E-state index < -0.39 is 11.4 Å². The Labute approximate surface area is 294 Å². The molecule has 0 aliphatic rings. The Morgan fingerprint density at radius 2 is 1.02 bits per heavy atom. The molecule has 0 saturated heterocycles. The predicted molar refractivity (Wildman–Crippen MR) is 184 cm³/mol. The number of phenolic OH excluding ortho intramolecular Hbond substituents is 1. The molecule has 15 nitrogen and oxygen atoms in total. The molecule has 0 aliphatic carbocycles. The Kier molecular flexibility index (Phi) is 25.1. The number of amides is 4. The molecular formula is C35H52N4O11. The summed E-state index contributed by atoms with van der Waals surface area (Å²) in [7, 11) is 0. The number of hydrogen-bond acceptors (Lipinski definition) is 11. The van der Waals surface area contributed by atoms with Gasteiger partial charge in [0, 0.05) is 50.0 Å². The number of ether oxygens (including phenoxy) is 5. The molecule has 0 fully saturated rings. The summed E-state index contributed by atoms with van der Waals surface area (Å²) in [6.07, 6.45) is 10.5. The molecule has 0 saturated carbocycles. The molecule has 4 amide bonds. The normalized spacial score (nSPS) is 10.9. The van der Waals surface area contributed by atoms with E-state index in [1.54, 1.807) is 0 Å². The zero-order chi connectivity index (χ0) is 36.7. The smallest absolute Gasteiger partial charge is 0.251 e. The van der Waals surface area contributed by atoms with Gasteiger partial charge in [0.25, 0.3) is 5.91 Å². The molecule has 0 heterocycles. The van der Waals surface area contributed by atoms with Gasteiger partial charge in [-0.05, 0) is 43.5 Å². The van der Waals surface area contributed by atoms with E-state index in [2.05, 4.69) is 33.1 Å². The number of terminal acetylenes is 2. The van der Waals surface area contributed by atoms with Gasteiger partial charge in [-0.2, -0.15) is 0 Å². The monoisotopic (exact) mass is 704 g/mol. The molecule has 1 aromatic carbocycles. The summed E-state index contributed by atoms with van der Waals surface area (Å²) in [5, 5.41) is 29.9. The van der Waals surface area contributed by atoms with Crippen LogP contribution < -0.4 is 21.3 Å². The third-order valence-corrected chi connectivity index (χ3v) is 7.06. The van der Waals surface area contributed by atoms with Crippen LogP contribution in [0.3, 0.4) is 0 Å². The standard InChI is InChI=1S/C35H52N4O11/c1-3-19-46-25-27-49-22-16-37-32(43)10-13-35(12-9-31(42)36-15-21-48-24-18-40,39-34(45)29-5-7-30(41)8-6-29)14-11-33(44)38-17-23-50-28-26-47-20-4-2/h1-2,5-8,40-41H,9-28H2,(H,36,42)(H,37,43)(H,38,44)(H,39,45). The minimum atomic E-state index is -1.15. The zero-order valence-electron chi connectivity index (χ0n) is 28.7. The number of benzene rings is 1. The molecule has 0 unspecified atom stereocenters. The number of nitrogens with one attached hydrogen (secondary N) is 4. The van der Waals surface area contributed by atoms with E-state index in [-0.39, 0.29) is 133 Å². The van der Waals surface area contributed by atoms with Gasteiger partial charge in [-0.3, -0.25) is 19.2 Å². The fourth-order valence-electron chi connectivity index (χ4n) is 4.47. The summed E-state index contributed by atoms with van der Waals surface area (Å²) >= 11 is 0. The Bertz CT molecular complexity index is 1150. The van der Waals surface area contributed by atoms with Crippen molar-refractivity contribution < 1.29 is 53.1 Å². The first-order chi connectivity index (χ1) is 24.2. The average molecular weight is 705 g/mol. The number of hydrogen-bond donors (Lipinski definition) is 6. The van der Waals surface area contributed by atoms with Crippen molar-refractivity contribution in [3.63, 3.8) is 0 Å². The van der Waals surface area contributed by atoms with E-state index in [4.69, 9.17) is 41.6 Å². The molecule has 1 rings (SSSR count). The Morgan fingerprint density at radius 1 is 0.620 bits per heavy atom. The maximum atomic E-state index is 13.4. The van der Waals surface area contributed by atoms with E-state index in [9.17, 15) is 24.3 Å². The number of aromatic hydroxyl groups is 1. The highest BCUT2D eigenvalue weighted by Crippen LogP contribution is 2.27. The summed E-state index contributed by atoms with van der Waals surface area (Å²) < 4.78 is 26.3. The van der Waals surface area contributed by atoms with Gasteiger partial charge in [0.05, 0.1) is 59.5 Å². The number of aliphatic hydroxyl groups excluding tert-OH is 1. The van der Waals surface area contributed by atoms with Crippen molar-refractivity contribution in [3.05, 3.63) is 29.8 Å². The highest BCUT2D eigenvalue weighted by molar-refractivity contribution is 5.95. The molecule has 15 heteroatoms. The first kappa shape index (κ1) is 43.8. The van der Waals surface area contributed by atoms with Crippen LogP contribution in [0.1, 0.15) is 48.9 Å². The lowest BCUT2D eigenvalue weighted by Gasteiger charge is -2.35. The minimum absolute atomic E-state index is 0.0189. The van der Waals surface area contributed by atoms with E-state index in [1.165, 1.54) is 24.3 Å². The number of phenols is 1. The lowest BCUT2D eigenvalue weighted by molar-refractivity contribution is -0.121. The second-order valence-electron chi connectivity index (χ2n) is 10.9. The molecule has 0 radical (unpaired) electrons. The van der Waals surface area contributed by atoms with Gasteiger partial charge in [-0.1, -0.05) is 11.8 Å². The molecule has 0 spiro atoms. The Balaban J connectivity index is 2.96. The van der Waals surface area contributed by atoms with E-state index in [1.807, 2.05) is 0 Å². The van der Waals surface area contributed by atoms with E-state index in [0.717, 1.165) is 0 Å². The van der Waals surface area contributed by atoms with Crippen molar-refractivity contribution in [3.8, 4) is 30.4 Å². The third-order valence-electron chi connectivity index (χ3n) is 7.06. The molecule has 0 aromatic heterocycles. The first-order valence-electron chi connectivity index (χ1n) is 16.5. The molecule has 50 heavy (non-hydrogen) atoms. The Hall–Kier alpha value is -4.22. The zero-order valence-corrected chi connectivity index (χ0v) is 28.7. The first-order valence-corrected chi connectivity index (χ1v) is 16.5. The number of carbonyl (C=O) groups excluding carboxylic acids is 4. The quantitative estimate of drug-likeness (QED) is 0.0461. The van der Waals surface area contributed by atoms with Crippen molar-refractivity contribution >= 4 is 23.6 Å². The maximum absolute atomic E-state index is 13.4. The summed E-state index contributed by atoms with van der Waals surface area (Å²) in [5.74, 6) is 3.27. The fourth-order valence-corrected chi connectivity index (χ4v) is 4.47. The fraction of sp³-hybridized carbons (Fsp3) is 0.600. The van der Waals surface area contributed by atoms with Crippen LogP contribution in [0, 0.1) is 24.7 Å².